The molecular weight excluding hydrogens is 236 g/mol. The fraction of sp³-hybridized carbons (Fsp3) is 0.562. The van der Waals surface area contributed by atoms with E-state index in [0.717, 1.165) is 24.4 Å². The zero-order chi connectivity index (χ0) is 13.5. The van der Waals surface area contributed by atoms with Crippen LogP contribution in [0.3, 0.4) is 0 Å². The summed E-state index contributed by atoms with van der Waals surface area (Å²) in [5.41, 5.74) is 7.29. The molecule has 1 saturated carbocycles. The molecule has 2 rings (SSSR count). The highest BCUT2D eigenvalue weighted by Crippen LogP contribution is 2.28. The van der Waals surface area contributed by atoms with Crippen molar-refractivity contribution in [2.75, 3.05) is 6.54 Å². The van der Waals surface area contributed by atoms with Gasteiger partial charge in [-0.25, -0.2) is 0 Å². The van der Waals surface area contributed by atoms with Crippen molar-refractivity contribution >= 4 is 5.91 Å². The van der Waals surface area contributed by atoms with E-state index >= 15 is 0 Å². The minimum atomic E-state index is 0.0155. The quantitative estimate of drug-likeness (QED) is 0.773. The predicted octanol–water partition coefficient (Wildman–Crippen LogP) is 2.85. The number of nitrogens with one attached hydrogen (secondary N) is 1. The van der Waals surface area contributed by atoms with E-state index in [1.54, 1.807) is 0 Å². The maximum Gasteiger partial charge on any atom is 0.251 e. The monoisotopic (exact) mass is 260 g/mol. The maximum absolute atomic E-state index is 12.0. The summed E-state index contributed by atoms with van der Waals surface area (Å²) in [5, 5.41) is 2.99. The average molecular weight is 260 g/mol. The number of hydrogen-bond donors (Lipinski definition) is 2. The third-order valence-electron chi connectivity index (χ3n) is 3.97. The fourth-order valence-corrected chi connectivity index (χ4v) is 2.83. The number of carbonyl (C=O) groups is 1. The summed E-state index contributed by atoms with van der Waals surface area (Å²) in [6, 6.07) is 7.53. The Morgan fingerprint density at radius 1 is 1.32 bits per heavy atom. The Labute approximate surface area is 115 Å². The molecule has 1 aromatic rings. The van der Waals surface area contributed by atoms with Crippen LogP contribution in [0.5, 0.6) is 0 Å². The largest absolute Gasteiger partial charge is 0.352 e. The first-order valence-electron chi connectivity index (χ1n) is 7.37. The van der Waals surface area contributed by atoms with Gasteiger partial charge >= 0.3 is 0 Å². The van der Waals surface area contributed by atoms with Gasteiger partial charge in [-0.2, -0.15) is 0 Å². The second kappa shape index (κ2) is 7.29. The smallest absolute Gasteiger partial charge is 0.251 e. The highest BCUT2D eigenvalue weighted by atomic mass is 16.1. The van der Waals surface area contributed by atoms with Crippen molar-refractivity contribution in [3.63, 3.8) is 0 Å². The minimum absolute atomic E-state index is 0.0155. The van der Waals surface area contributed by atoms with Crippen LogP contribution < -0.4 is 11.1 Å². The van der Waals surface area contributed by atoms with Gasteiger partial charge in [0, 0.05) is 18.7 Å². The second-order valence-electron chi connectivity index (χ2n) is 5.45. The molecule has 0 unspecified atom stereocenters. The molecular formula is C16H24N2O. The lowest BCUT2D eigenvalue weighted by molar-refractivity contribution is 0.0952. The number of rotatable bonds is 6. The van der Waals surface area contributed by atoms with Crippen LogP contribution in [-0.2, 0) is 6.54 Å². The van der Waals surface area contributed by atoms with Crippen molar-refractivity contribution in [2.45, 2.75) is 45.1 Å². The molecule has 1 amide bonds. The number of carbonyl (C=O) groups excluding carboxylic acids is 1. The highest BCUT2D eigenvalue weighted by molar-refractivity contribution is 5.94. The Morgan fingerprint density at radius 2 is 2.11 bits per heavy atom. The molecule has 1 aliphatic carbocycles. The summed E-state index contributed by atoms with van der Waals surface area (Å²) in [5.74, 6) is 0.916. The van der Waals surface area contributed by atoms with E-state index in [1.165, 1.54) is 32.1 Å². The summed E-state index contributed by atoms with van der Waals surface area (Å²) in [7, 11) is 0. The molecule has 0 spiro atoms. The number of amides is 1. The van der Waals surface area contributed by atoms with E-state index in [-0.39, 0.29) is 5.91 Å². The topological polar surface area (TPSA) is 55.1 Å². The molecule has 0 atom stereocenters. The number of hydrogen-bond acceptors (Lipinski definition) is 2. The average Bonchev–Trinajstić information content (AvgIpc) is 2.96. The van der Waals surface area contributed by atoms with Gasteiger partial charge in [0.05, 0.1) is 0 Å². The summed E-state index contributed by atoms with van der Waals surface area (Å²) >= 11 is 0. The van der Waals surface area contributed by atoms with Crippen molar-refractivity contribution in [3.05, 3.63) is 35.4 Å². The molecule has 104 valence electrons. The van der Waals surface area contributed by atoms with Crippen molar-refractivity contribution < 1.29 is 4.79 Å². The van der Waals surface area contributed by atoms with Crippen molar-refractivity contribution in [1.29, 1.82) is 0 Å². The van der Waals surface area contributed by atoms with Gasteiger partial charge in [-0.05, 0) is 36.5 Å². The number of benzene rings is 1. The summed E-state index contributed by atoms with van der Waals surface area (Å²) in [4.78, 5) is 12.0. The third-order valence-corrected chi connectivity index (χ3v) is 3.97. The van der Waals surface area contributed by atoms with Crippen molar-refractivity contribution in [3.8, 4) is 0 Å². The second-order valence-corrected chi connectivity index (χ2v) is 5.45. The van der Waals surface area contributed by atoms with Gasteiger partial charge in [-0.3, -0.25) is 4.79 Å². The lowest BCUT2D eigenvalue weighted by atomic mass is 10.0. The van der Waals surface area contributed by atoms with Crippen LogP contribution in [0.25, 0.3) is 0 Å². The van der Waals surface area contributed by atoms with Crippen LogP contribution in [0.15, 0.2) is 24.3 Å². The van der Waals surface area contributed by atoms with E-state index in [0.29, 0.717) is 12.1 Å². The number of nitrogens with two attached hydrogens (primary N) is 1. The zero-order valence-electron chi connectivity index (χ0n) is 11.5. The van der Waals surface area contributed by atoms with Crippen LogP contribution in [0.1, 0.15) is 54.4 Å². The van der Waals surface area contributed by atoms with Crippen molar-refractivity contribution in [2.24, 2.45) is 11.7 Å². The van der Waals surface area contributed by atoms with E-state index < -0.39 is 0 Å². The Balaban J connectivity index is 1.71. The molecule has 0 heterocycles. The van der Waals surface area contributed by atoms with Crippen LogP contribution in [0, 0.1) is 5.92 Å². The molecule has 3 N–H and O–H groups in total. The van der Waals surface area contributed by atoms with Gasteiger partial charge in [-0.15, -0.1) is 0 Å². The normalized spacial score (nSPS) is 15.6. The van der Waals surface area contributed by atoms with Gasteiger partial charge in [0.15, 0.2) is 0 Å². The zero-order valence-corrected chi connectivity index (χ0v) is 11.5. The molecule has 3 heteroatoms. The van der Waals surface area contributed by atoms with E-state index in [1.807, 2.05) is 24.3 Å². The summed E-state index contributed by atoms with van der Waals surface area (Å²) in [6.45, 7) is 1.25. The van der Waals surface area contributed by atoms with Crippen LogP contribution in [0.4, 0.5) is 0 Å². The lowest BCUT2D eigenvalue weighted by Gasteiger charge is -2.09. The van der Waals surface area contributed by atoms with E-state index in [9.17, 15) is 4.79 Å². The molecule has 0 aromatic heterocycles. The molecule has 0 bridgehead atoms. The van der Waals surface area contributed by atoms with Gasteiger partial charge in [-0.1, -0.05) is 37.8 Å². The van der Waals surface area contributed by atoms with Crippen LogP contribution in [-0.4, -0.2) is 12.5 Å². The van der Waals surface area contributed by atoms with E-state index in [4.69, 9.17) is 5.73 Å². The Kier molecular flexibility index (Phi) is 5.40. The molecule has 1 fully saturated rings. The summed E-state index contributed by atoms with van der Waals surface area (Å²) < 4.78 is 0. The van der Waals surface area contributed by atoms with Crippen LogP contribution >= 0.6 is 0 Å². The molecule has 0 saturated heterocycles. The predicted molar refractivity (Wildman–Crippen MR) is 77.9 cm³/mol. The summed E-state index contributed by atoms with van der Waals surface area (Å²) in [6.07, 6.45) is 7.89. The van der Waals surface area contributed by atoms with Gasteiger partial charge < -0.3 is 11.1 Å². The lowest BCUT2D eigenvalue weighted by Crippen LogP contribution is -2.24. The first kappa shape index (κ1) is 14.1. The standard InChI is InChI=1S/C16H24N2O/c17-12-14-7-3-9-15(11-14)16(19)18-10-4-8-13-5-1-2-6-13/h3,7,9,11,13H,1-2,4-6,8,10,12,17H2,(H,18,19). The Hall–Kier alpha value is -1.35. The SMILES string of the molecule is NCc1cccc(C(=O)NCCCC2CCCC2)c1. The van der Waals surface area contributed by atoms with E-state index in [2.05, 4.69) is 5.32 Å². The van der Waals surface area contributed by atoms with Gasteiger partial charge in [0.25, 0.3) is 5.91 Å². The van der Waals surface area contributed by atoms with Crippen molar-refractivity contribution in [1.82, 2.24) is 5.32 Å². The third kappa shape index (κ3) is 4.35. The molecule has 0 aliphatic heterocycles. The maximum atomic E-state index is 12.0. The Morgan fingerprint density at radius 3 is 2.84 bits per heavy atom. The first-order chi connectivity index (χ1) is 9.29. The molecule has 0 radical (unpaired) electrons. The van der Waals surface area contributed by atoms with Gasteiger partial charge in [0.2, 0.25) is 0 Å². The highest BCUT2D eigenvalue weighted by Gasteiger charge is 2.14. The van der Waals surface area contributed by atoms with Crippen LogP contribution in [0.2, 0.25) is 0 Å². The molecule has 19 heavy (non-hydrogen) atoms. The first-order valence-corrected chi connectivity index (χ1v) is 7.37. The molecule has 1 aliphatic rings. The Bertz CT molecular complexity index is 411. The fourth-order valence-electron chi connectivity index (χ4n) is 2.83. The minimum Gasteiger partial charge on any atom is -0.352 e. The molecule has 3 nitrogen and oxygen atoms in total. The molecule has 1 aromatic carbocycles. The van der Waals surface area contributed by atoms with Gasteiger partial charge in [0.1, 0.15) is 0 Å².